The maximum absolute atomic E-state index is 12.1. The summed E-state index contributed by atoms with van der Waals surface area (Å²) in [7, 11) is 0. The number of H-pyrrole nitrogens is 1. The number of rotatable bonds is 5. The maximum Gasteiger partial charge on any atom is 0.259 e. The first-order valence-corrected chi connectivity index (χ1v) is 7.58. The van der Waals surface area contributed by atoms with E-state index in [9.17, 15) is 9.90 Å². The van der Waals surface area contributed by atoms with Crippen molar-refractivity contribution >= 4 is 21.6 Å². The number of aryl methyl sites for hydroxylation is 2. The molecule has 20 heavy (non-hydrogen) atoms. The van der Waals surface area contributed by atoms with E-state index in [1.165, 1.54) is 0 Å². The lowest BCUT2D eigenvalue weighted by atomic mass is 10.1. The molecule has 5 nitrogen and oxygen atoms in total. The van der Waals surface area contributed by atoms with Gasteiger partial charge in [0.2, 0.25) is 0 Å². The molecule has 0 amide bonds. The molecule has 0 aromatic carbocycles. The molecule has 2 rings (SSSR count). The van der Waals surface area contributed by atoms with Gasteiger partial charge in [-0.15, -0.1) is 11.3 Å². The molecule has 0 bridgehead atoms. The molecule has 0 aliphatic carbocycles. The molecular weight excluding hydrogens is 274 g/mol. The number of nitrogens with one attached hydrogen (secondary N) is 2. The molecule has 0 aliphatic rings. The summed E-state index contributed by atoms with van der Waals surface area (Å²) in [5, 5.41) is 13.2. The van der Waals surface area contributed by atoms with Crippen LogP contribution in [0.1, 0.15) is 30.1 Å². The van der Waals surface area contributed by atoms with Crippen LogP contribution >= 0.6 is 11.3 Å². The average molecular weight is 295 g/mol. The van der Waals surface area contributed by atoms with Gasteiger partial charge in [0.05, 0.1) is 18.5 Å². The summed E-state index contributed by atoms with van der Waals surface area (Å²) in [4.78, 5) is 21.3. The van der Waals surface area contributed by atoms with Crippen LogP contribution in [0, 0.1) is 19.8 Å². The minimum Gasteiger partial charge on any atom is -0.395 e. The second-order valence-corrected chi connectivity index (χ2v) is 6.59. The number of nitrogens with zero attached hydrogens (tertiary/aromatic N) is 1. The van der Waals surface area contributed by atoms with E-state index in [-0.39, 0.29) is 18.2 Å². The lowest BCUT2D eigenvalue weighted by Gasteiger charge is -2.19. The molecule has 2 heterocycles. The highest BCUT2D eigenvalue weighted by atomic mass is 32.1. The predicted molar refractivity (Wildman–Crippen MR) is 82.3 cm³/mol. The summed E-state index contributed by atoms with van der Waals surface area (Å²) in [6, 6.07) is 0.00260. The van der Waals surface area contributed by atoms with Crippen molar-refractivity contribution in [1.82, 2.24) is 15.3 Å². The molecule has 0 saturated carbocycles. The molecule has 0 radical (unpaired) electrons. The second-order valence-electron chi connectivity index (χ2n) is 5.39. The summed E-state index contributed by atoms with van der Waals surface area (Å²) in [5.41, 5.74) is 0.924. The summed E-state index contributed by atoms with van der Waals surface area (Å²) < 4.78 is 0. The van der Waals surface area contributed by atoms with E-state index in [2.05, 4.69) is 15.3 Å². The molecular formula is C14H21N3O2S. The Labute approximate surface area is 122 Å². The highest BCUT2D eigenvalue weighted by molar-refractivity contribution is 7.18. The molecule has 0 saturated heterocycles. The van der Waals surface area contributed by atoms with E-state index in [0.29, 0.717) is 23.7 Å². The number of hydrogen-bond acceptors (Lipinski definition) is 5. The number of fused-ring (bicyclic) bond motifs is 1. The molecule has 110 valence electrons. The van der Waals surface area contributed by atoms with Crippen molar-refractivity contribution in [3.63, 3.8) is 0 Å². The number of hydrogen-bond donors (Lipinski definition) is 3. The SMILES string of the molecule is Cc1sc2nc(CN[C@H](CO)C(C)C)[nH]c(=O)c2c1C. The molecule has 0 aliphatic heterocycles. The van der Waals surface area contributed by atoms with Gasteiger partial charge in [0.25, 0.3) is 5.56 Å². The highest BCUT2D eigenvalue weighted by Gasteiger charge is 2.14. The van der Waals surface area contributed by atoms with Crippen LogP contribution in [-0.2, 0) is 6.54 Å². The molecule has 3 N–H and O–H groups in total. The normalized spacial score (nSPS) is 13.3. The molecule has 0 fully saturated rings. The van der Waals surface area contributed by atoms with Crippen molar-refractivity contribution in [2.45, 2.75) is 40.3 Å². The lowest BCUT2D eigenvalue weighted by molar-refractivity contribution is 0.209. The standard InChI is InChI=1S/C14H21N3O2S/c1-7(2)10(6-18)15-5-11-16-13(19)12-8(3)9(4)20-14(12)17-11/h7,10,15,18H,5-6H2,1-4H3,(H,16,17,19)/t10-/m1/s1. The molecule has 1 atom stereocenters. The zero-order valence-corrected chi connectivity index (χ0v) is 13.1. The van der Waals surface area contributed by atoms with Crippen molar-refractivity contribution in [1.29, 1.82) is 0 Å². The van der Waals surface area contributed by atoms with Crippen molar-refractivity contribution < 1.29 is 5.11 Å². The first-order chi connectivity index (χ1) is 9.43. The fraction of sp³-hybridized carbons (Fsp3) is 0.571. The minimum atomic E-state index is -0.0845. The fourth-order valence-corrected chi connectivity index (χ4v) is 3.17. The number of aliphatic hydroxyl groups excluding tert-OH is 1. The van der Waals surface area contributed by atoms with Crippen LogP contribution in [0.4, 0.5) is 0 Å². The van der Waals surface area contributed by atoms with Gasteiger partial charge in [-0.1, -0.05) is 13.8 Å². The van der Waals surface area contributed by atoms with E-state index in [1.807, 2.05) is 27.7 Å². The first kappa shape index (κ1) is 15.2. The number of aliphatic hydroxyl groups is 1. The Morgan fingerprint density at radius 1 is 1.40 bits per heavy atom. The van der Waals surface area contributed by atoms with E-state index in [1.54, 1.807) is 11.3 Å². The van der Waals surface area contributed by atoms with Gasteiger partial charge in [0.1, 0.15) is 10.7 Å². The summed E-state index contributed by atoms with van der Waals surface area (Å²) in [6.07, 6.45) is 0. The zero-order chi connectivity index (χ0) is 14.9. The van der Waals surface area contributed by atoms with Crippen molar-refractivity contribution in [2.24, 2.45) is 5.92 Å². The van der Waals surface area contributed by atoms with Gasteiger partial charge in [0.15, 0.2) is 0 Å². The quantitative estimate of drug-likeness (QED) is 0.784. The smallest absolute Gasteiger partial charge is 0.259 e. The topological polar surface area (TPSA) is 78.0 Å². The van der Waals surface area contributed by atoms with Crippen molar-refractivity contribution in [2.75, 3.05) is 6.61 Å². The van der Waals surface area contributed by atoms with Crippen LogP contribution in [0.5, 0.6) is 0 Å². The van der Waals surface area contributed by atoms with Gasteiger partial charge in [-0.2, -0.15) is 0 Å². The molecule has 2 aromatic rings. The van der Waals surface area contributed by atoms with Crippen molar-refractivity contribution in [3.8, 4) is 0 Å². The Kier molecular flexibility index (Phi) is 4.57. The largest absolute Gasteiger partial charge is 0.395 e. The third-order valence-corrected chi connectivity index (χ3v) is 4.72. The van der Waals surface area contributed by atoms with E-state index >= 15 is 0 Å². The Hall–Kier alpha value is -1.24. The Bertz CT molecular complexity index is 660. The van der Waals surface area contributed by atoms with Crippen LogP contribution in [0.3, 0.4) is 0 Å². The van der Waals surface area contributed by atoms with Gasteiger partial charge in [-0.25, -0.2) is 4.98 Å². The Balaban J connectivity index is 2.26. The van der Waals surface area contributed by atoms with Crippen LogP contribution < -0.4 is 10.9 Å². The molecule has 6 heteroatoms. The fourth-order valence-electron chi connectivity index (χ4n) is 2.12. The average Bonchev–Trinajstić information content (AvgIpc) is 2.65. The van der Waals surface area contributed by atoms with Gasteiger partial charge in [-0.05, 0) is 25.3 Å². The Morgan fingerprint density at radius 3 is 2.70 bits per heavy atom. The first-order valence-electron chi connectivity index (χ1n) is 6.77. The minimum absolute atomic E-state index is 0.00260. The van der Waals surface area contributed by atoms with Gasteiger partial charge in [-0.3, -0.25) is 4.79 Å². The zero-order valence-electron chi connectivity index (χ0n) is 12.3. The highest BCUT2D eigenvalue weighted by Crippen LogP contribution is 2.25. The van der Waals surface area contributed by atoms with Crippen LogP contribution in [0.25, 0.3) is 10.2 Å². The Morgan fingerprint density at radius 2 is 2.10 bits per heavy atom. The van der Waals surface area contributed by atoms with Crippen LogP contribution in [0.15, 0.2) is 4.79 Å². The third-order valence-electron chi connectivity index (χ3n) is 3.62. The lowest BCUT2D eigenvalue weighted by Crippen LogP contribution is -2.37. The number of aromatic nitrogens is 2. The summed E-state index contributed by atoms with van der Waals surface area (Å²) in [6.45, 7) is 8.55. The monoisotopic (exact) mass is 295 g/mol. The van der Waals surface area contributed by atoms with E-state index < -0.39 is 0 Å². The van der Waals surface area contributed by atoms with E-state index in [4.69, 9.17) is 0 Å². The van der Waals surface area contributed by atoms with Crippen LogP contribution in [0.2, 0.25) is 0 Å². The summed E-state index contributed by atoms with van der Waals surface area (Å²) >= 11 is 1.55. The van der Waals surface area contributed by atoms with Gasteiger partial charge >= 0.3 is 0 Å². The molecule has 0 unspecified atom stereocenters. The van der Waals surface area contributed by atoms with Crippen molar-refractivity contribution in [3.05, 3.63) is 26.6 Å². The second kappa shape index (κ2) is 6.03. The maximum atomic E-state index is 12.1. The van der Waals surface area contributed by atoms with Gasteiger partial charge in [0, 0.05) is 10.9 Å². The number of aromatic amines is 1. The molecule has 2 aromatic heterocycles. The van der Waals surface area contributed by atoms with Gasteiger partial charge < -0.3 is 15.4 Å². The summed E-state index contributed by atoms with van der Waals surface area (Å²) in [5.74, 6) is 0.935. The predicted octanol–water partition coefficient (Wildman–Crippen LogP) is 1.71. The third kappa shape index (κ3) is 2.92. The number of thiophene rings is 1. The van der Waals surface area contributed by atoms with Crippen LogP contribution in [-0.4, -0.2) is 27.7 Å². The molecule has 0 spiro atoms. The van der Waals surface area contributed by atoms with E-state index in [0.717, 1.165) is 15.3 Å².